The number of amides is 1. The van der Waals surface area contributed by atoms with Crippen molar-refractivity contribution in [1.29, 1.82) is 5.26 Å². The zero-order chi connectivity index (χ0) is 22.8. The molecule has 1 aliphatic rings. The Morgan fingerprint density at radius 3 is 2.74 bits per heavy atom. The van der Waals surface area contributed by atoms with Gasteiger partial charge in [0.2, 0.25) is 5.95 Å². The Morgan fingerprint density at radius 1 is 1.39 bits per heavy atom. The summed E-state index contributed by atoms with van der Waals surface area (Å²) in [5.41, 5.74) is 5.35. The van der Waals surface area contributed by atoms with Crippen LogP contribution in [-0.4, -0.2) is 32.2 Å². The van der Waals surface area contributed by atoms with E-state index in [1.165, 1.54) is 23.1 Å². The van der Waals surface area contributed by atoms with Crippen molar-refractivity contribution in [3.8, 4) is 6.07 Å². The molecule has 1 amide bonds. The number of anilines is 2. The summed E-state index contributed by atoms with van der Waals surface area (Å²) >= 11 is 0. The molecule has 3 N–H and O–H groups in total. The fourth-order valence-electron chi connectivity index (χ4n) is 3.66. The Labute approximate surface area is 179 Å². The van der Waals surface area contributed by atoms with Gasteiger partial charge in [0, 0.05) is 24.1 Å². The SMILES string of the molecule is CC(C)(C)OC(=O)[C@@H]1CC[C@@H](n2cc(C(N)=O)c(Nc3ccnc(F)c3)n2)[C@H](C#N)C1. The Kier molecular flexibility index (Phi) is 6.24. The molecular weight excluding hydrogens is 403 g/mol. The maximum Gasteiger partial charge on any atom is 0.309 e. The molecule has 3 atom stereocenters. The second-order valence-corrected chi connectivity index (χ2v) is 8.57. The number of nitriles is 1. The second-order valence-electron chi connectivity index (χ2n) is 8.57. The van der Waals surface area contributed by atoms with Crippen LogP contribution in [0.15, 0.2) is 24.5 Å². The number of nitrogens with one attached hydrogen (secondary N) is 1. The number of esters is 1. The first kappa shape index (κ1) is 22.2. The van der Waals surface area contributed by atoms with Crippen molar-refractivity contribution < 1.29 is 18.7 Å². The average Bonchev–Trinajstić information content (AvgIpc) is 3.10. The predicted octanol–water partition coefficient (Wildman–Crippen LogP) is 3.08. The summed E-state index contributed by atoms with van der Waals surface area (Å²) in [6.45, 7) is 5.41. The van der Waals surface area contributed by atoms with Crippen molar-refractivity contribution in [1.82, 2.24) is 14.8 Å². The minimum Gasteiger partial charge on any atom is -0.460 e. The third kappa shape index (κ3) is 5.36. The molecule has 1 saturated carbocycles. The number of halogens is 1. The lowest BCUT2D eigenvalue weighted by molar-refractivity contribution is -0.161. The average molecular weight is 428 g/mol. The highest BCUT2D eigenvalue weighted by Crippen LogP contribution is 2.38. The van der Waals surface area contributed by atoms with Crippen LogP contribution in [0, 0.1) is 29.1 Å². The number of carbonyl (C=O) groups excluding carboxylic acids is 2. The summed E-state index contributed by atoms with van der Waals surface area (Å²) in [4.78, 5) is 27.8. The van der Waals surface area contributed by atoms with E-state index in [2.05, 4.69) is 21.5 Å². The Hall–Kier alpha value is -3.48. The minimum atomic E-state index is -0.709. The lowest BCUT2D eigenvalue weighted by Crippen LogP contribution is -2.34. The smallest absolute Gasteiger partial charge is 0.309 e. The molecule has 1 fully saturated rings. The molecule has 0 radical (unpaired) electrons. The van der Waals surface area contributed by atoms with E-state index in [1.54, 1.807) is 20.8 Å². The van der Waals surface area contributed by atoms with E-state index in [-0.39, 0.29) is 29.3 Å². The van der Waals surface area contributed by atoms with Gasteiger partial charge in [-0.25, -0.2) is 4.98 Å². The molecule has 0 unspecified atom stereocenters. The number of hydrogen-bond donors (Lipinski definition) is 2. The van der Waals surface area contributed by atoms with Crippen molar-refractivity contribution >= 4 is 23.4 Å². The van der Waals surface area contributed by atoms with Crippen molar-refractivity contribution in [2.45, 2.75) is 51.7 Å². The summed E-state index contributed by atoms with van der Waals surface area (Å²) in [6, 6.07) is 4.60. The standard InChI is InChI=1S/C21H25FN6O3/c1-21(2,3)31-20(30)12-4-5-16(13(8-12)10-23)28-11-15(18(24)29)19(27-28)26-14-6-7-25-17(22)9-14/h6-7,9,11-13,16H,4-5,8H2,1-3H3,(H2,24,29)(H,25,26,27)/t12-,13+,16-/m1/s1. The molecule has 31 heavy (non-hydrogen) atoms. The third-order valence-electron chi connectivity index (χ3n) is 5.05. The van der Waals surface area contributed by atoms with E-state index in [1.807, 2.05) is 0 Å². The van der Waals surface area contributed by atoms with E-state index in [0.717, 1.165) is 6.07 Å². The molecule has 1 aliphatic carbocycles. The molecule has 164 valence electrons. The lowest BCUT2D eigenvalue weighted by atomic mass is 9.78. The van der Waals surface area contributed by atoms with Gasteiger partial charge in [-0.3, -0.25) is 14.3 Å². The summed E-state index contributed by atoms with van der Waals surface area (Å²) in [7, 11) is 0. The number of carbonyl (C=O) groups is 2. The van der Waals surface area contributed by atoms with Crippen LogP contribution >= 0.6 is 0 Å². The van der Waals surface area contributed by atoms with Crippen LogP contribution in [0.25, 0.3) is 0 Å². The van der Waals surface area contributed by atoms with Crippen molar-refractivity contribution in [3.63, 3.8) is 0 Å². The van der Waals surface area contributed by atoms with Crippen LogP contribution in [0.1, 0.15) is 56.4 Å². The highest BCUT2D eigenvalue weighted by molar-refractivity contribution is 5.98. The zero-order valence-corrected chi connectivity index (χ0v) is 17.6. The topological polar surface area (TPSA) is 136 Å². The highest BCUT2D eigenvalue weighted by Gasteiger charge is 2.38. The van der Waals surface area contributed by atoms with Gasteiger partial charge >= 0.3 is 5.97 Å². The number of nitrogens with two attached hydrogens (primary N) is 1. The van der Waals surface area contributed by atoms with Crippen molar-refractivity contribution in [2.75, 3.05) is 5.32 Å². The van der Waals surface area contributed by atoms with E-state index in [4.69, 9.17) is 10.5 Å². The van der Waals surface area contributed by atoms with Gasteiger partial charge in [0.25, 0.3) is 5.91 Å². The molecule has 3 rings (SSSR count). The fourth-order valence-corrected chi connectivity index (χ4v) is 3.66. The lowest BCUT2D eigenvalue weighted by Gasteiger charge is -2.33. The highest BCUT2D eigenvalue weighted by atomic mass is 19.1. The minimum absolute atomic E-state index is 0.114. The molecule has 2 aromatic rings. The number of aromatic nitrogens is 3. The van der Waals surface area contributed by atoms with E-state index in [0.29, 0.717) is 24.9 Å². The van der Waals surface area contributed by atoms with Crippen molar-refractivity contribution in [2.24, 2.45) is 17.6 Å². The first-order chi connectivity index (χ1) is 14.6. The molecule has 9 nitrogen and oxygen atoms in total. The molecule has 2 heterocycles. The third-order valence-corrected chi connectivity index (χ3v) is 5.05. The van der Waals surface area contributed by atoms with Crippen LogP contribution in [-0.2, 0) is 9.53 Å². The van der Waals surface area contributed by atoms with Gasteiger partial charge in [0.15, 0.2) is 5.82 Å². The molecule has 0 spiro atoms. The number of pyridine rings is 1. The van der Waals surface area contributed by atoms with Gasteiger partial charge in [0.1, 0.15) is 11.2 Å². The summed E-state index contributed by atoms with van der Waals surface area (Å²) < 4.78 is 20.4. The van der Waals surface area contributed by atoms with Gasteiger partial charge in [-0.1, -0.05) is 0 Å². The quantitative estimate of drug-likeness (QED) is 0.552. The number of primary amides is 1. The van der Waals surface area contributed by atoms with Crippen LogP contribution < -0.4 is 11.1 Å². The van der Waals surface area contributed by atoms with E-state index in [9.17, 15) is 19.2 Å². The van der Waals surface area contributed by atoms with E-state index >= 15 is 0 Å². The maximum absolute atomic E-state index is 13.4. The zero-order valence-electron chi connectivity index (χ0n) is 17.6. The molecule has 10 heteroatoms. The summed E-state index contributed by atoms with van der Waals surface area (Å²) in [6.07, 6.45) is 4.13. The van der Waals surface area contributed by atoms with Gasteiger partial charge < -0.3 is 15.8 Å². The number of hydrogen-bond acceptors (Lipinski definition) is 7. The number of rotatable bonds is 5. The molecule has 2 aromatic heterocycles. The molecular formula is C21H25FN6O3. The Balaban J connectivity index is 1.81. The first-order valence-electron chi connectivity index (χ1n) is 9.97. The van der Waals surface area contributed by atoms with Gasteiger partial charge in [-0.05, 0) is 46.1 Å². The Bertz CT molecular complexity index is 1020. The molecule has 0 bridgehead atoms. The number of ether oxygens (including phenoxy) is 1. The van der Waals surface area contributed by atoms with Gasteiger partial charge in [-0.15, -0.1) is 0 Å². The summed E-state index contributed by atoms with van der Waals surface area (Å²) in [5, 5.41) is 17.0. The van der Waals surface area contributed by atoms with Crippen LogP contribution in [0.4, 0.5) is 15.9 Å². The summed E-state index contributed by atoms with van der Waals surface area (Å²) in [5.74, 6) is -2.42. The van der Waals surface area contributed by atoms with Gasteiger partial charge in [-0.2, -0.15) is 14.8 Å². The van der Waals surface area contributed by atoms with Crippen LogP contribution in [0.5, 0.6) is 0 Å². The molecule has 0 aromatic carbocycles. The fraction of sp³-hybridized carbons (Fsp3) is 0.476. The Morgan fingerprint density at radius 2 is 2.13 bits per heavy atom. The first-order valence-corrected chi connectivity index (χ1v) is 9.97. The van der Waals surface area contributed by atoms with Gasteiger partial charge in [0.05, 0.1) is 23.9 Å². The second kappa shape index (κ2) is 8.71. The number of nitrogens with zero attached hydrogens (tertiary/aromatic N) is 4. The molecule has 0 saturated heterocycles. The molecule has 0 aliphatic heterocycles. The van der Waals surface area contributed by atoms with E-state index < -0.39 is 23.4 Å². The van der Waals surface area contributed by atoms with Crippen LogP contribution in [0.3, 0.4) is 0 Å². The van der Waals surface area contributed by atoms with Crippen LogP contribution in [0.2, 0.25) is 0 Å². The monoisotopic (exact) mass is 428 g/mol. The largest absolute Gasteiger partial charge is 0.460 e. The van der Waals surface area contributed by atoms with Crippen molar-refractivity contribution in [3.05, 3.63) is 36.0 Å². The maximum atomic E-state index is 13.4. The predicted molar refractivity (Wildman–Crippen MR) is 110 cm³/mol. The normalized spacial score (nSPS) is 21.2.